The second-order valence-corrected chi connectivity index (χ2v) is 3.00. The van der Waals surface area contributed by atoms with Crippen LogP contribution in [0.1, 0.15) is 5.56 Å². The monoisotopic (exact) mass is 192 g/mol. The van der Waals surface area contributed by atoms with Crippen molar-refractivity contribution in [3.8, 4) is 0 Å². The van der Waals surface area contributed by atoms with Crippen molar-refractivity contribution in [2.45, 2.75) is 0 Å². The fourth-order valence-electron chi connectivity index (χ4n) is 1.02. The lowest BCUT2D eigenvalue weighted by atomic mass is 10.2. The van der Waals surface area contributed by atoms with Crippen LogP contribution in [0.2, 0.25) is 5.02 Å². The summed E-state index contributed by atoms with van der Waals surface area (Å²) < 4.78 is 1.63. The maximum absolute atomic E-state index is 5.82. The summed E-state index contributed by atoms with van der Waals surface area (Å²) in [5.41, 5.74) is 0.998. The van der Waals surface area contributed by atoms with Crippen LogP contribution in [0.5, 0.6) is 0 Å². The number of rotatable bonds is 2. The summed E-state index contributed by atoms with van der Waals surface area (Å²) in [4.78, 5) is 3.83. The molecule has 0 amide bonds. The Hall–Kier alpha value is -1.35. The van der Waals surface area contributed by atoms with E-state index in [9.17, 15) is 0 Å². The molecule has 0 saturated carbocycles. The highest BCUT2D eigenvalue weighted by Gasteiger charge is 1.96. The summed E-state index contributed by atoms with van der Waals surface area (Å²) in [5, 5.41) is 4.66. The Morgan fingerprint density at radius 3 is 3.00 bits per heavy atom. The number of hydrogen-bond acceptors (Lipinski definition) is 2. The van der Waals surface area contributed by atoms with Gasteiger partial charge in [0.05, 0.1) is 0 Å². The van der Waals surface area contributed by atoms with Crippen LogP contribution in [0.3, 0.4) is 0 Å². The van der Waals surface area contributed by atoms with Gasteiger partial charge in [0.15, 0.2) is 0 Å². The highest BCUT2D eigenvalue weighted by molar-refractivity contribution is 6.30. The first-order chi connectivity index (χ1) is 6.34. The summed E-state index contributed by atoms with van der Waals surface area (Å²) in [5.74, 6) is 0. The minimum Gasteiger partial charge on any atom is -0.243 e. The van der Waals surface area contributed by atoms with Crippen molar-refractivity contribution in [3.63, 3.8) is 0 Å². The largest absolute Gasteiger partial charge is 0.243 e. The van der Waals surface area contributed by atoms with Gasteiger partial charge in [-0.3, -0.25) is 0 Å². The first-order valence-electron chi connectivity index (χ1n) is 3.79. The SMILES string of the molecule is Clc1cccc([CH]n2cncn2)c1. The Morgan fingerprint density at radius 2 is 2.31 bits per heavy atom. The molecular weight excluding hydrogens is 186 g/mol. The molecule has 0 N–H and O–H groups in total. The molecule has 3 nitrogen and oxygen atoms in total. The molecular formula is C9H7ClN3. The molecule has 1 aromatic carbocycles. The number of aromatic nitrogens is 3. The van der Waals surface area contributed by atoms with Gasteiger partial charge in [-0.2, -0.15) is 5.10 Å². The number of benzene rings is 1. The van der Waals surface area contributed by atoms with Crippen LogP contribution in [0.4, 0.5) is 0 Å². The van der Waals surface area contributed by atoms with Crippen LogP contribution < -0.4 is 0 Å². The van der Waals surface area contributed by atoms with E-state index in [1.54, 1.807) is 11.0 Å². The Bertz CT molecular complexity index is 384. The highest BCUT2D eigenvalue weighted by atomic mass is 35.5. The number of hydrogen-bond donors (Lipinski definition) is 0. The van der Waals surface area contributed by atoms with Gasteiger partial charge in [-0.15, -0.1) is 0 Å². The van der Waals surface area contributed by atoms with E-state index in [2.05, 4.69) is 10.1 Å². The Morgan fingerprint density at radius 1 is 1.38 bits per heavy atom. The topological polar surface area (TPSA) is 30.7 Å². The minimum atomic E-state index is 0.717. The molecule has 0 aliphatic carbocycles. The Kier molecular flexibility index (Phi) is 2.27. The quantitative estimate of drug-likeness (QED) is 0.729. The molecule has 1 heterocycles. The van der Waals surface area contributed by atoms with Crippen molar-refractivity contribution in [1.82, 2.24) is 14.8 Å². The minimum absolute atomic E-state index is 0.717. The van der Waals surface area contributed by atoms with E-state index in [0.717, 1.165) is 5.56 Å². The molecule has 0 saturated heterocycles. The summed E-state index contributed by atoms with van der Waals surface area (Å²) in [7, 11) is 0. The van der Waals surface area contributed by atoms with Crippen LogP contribution in [0.25, 0.3) is 0 Å². The van der Waals surface area contributed by atoms with Crippen LogP contribution in [-0.2, 0) is 0 Å². The molecule has 0 fully saturated rings. The predicted molar refractivity (Wildman–Crippen MR) is 50.3 cm³/mol. The van der Waals surface area contributed by atoms with Crippen molar-refractivity contribution < 1.29 is 0 Å². The van der Waals surface area contributed by atoms with Gasteiger partial charge in [0.1, 0.15) is 19.2 Å². The van der Waals surface area contributed by atoms with E-state index in [4.69, 9.17) is 11.6 Å². The van der Waals surface area contributed by atoms with E-state index in [0.29, 0.717) is 5.02 Å². The average Bonchev–Trinajstić information content (AvgIpc) is 2.57. The highest BCUT2D eigenvalue weighted by Crippen LogP contribution is 2.12. The second kappa shape index (κ2) is 3.58. The van der Waals surface area contributed by atoms with Crippen molar-refractivity contribution in [2.75, 3.05) is 0 Å². The molecule has 0 atom stereocenters. The zero-order valence-corrected chi connectivity index (χ0v) is 7.52. The van der Waals surface area contributed by atoms with Crippen molar-refractivity contribution in [2.24, 2.45) is 0 Å². The number of halogens is 1. The molecule has 0 unspecified atom stereocenters. The summed E-state index contributed by atoms with van der Waals surface area (Å²) in [6.07, 6.45) is 3.11. The predicted octanol–water partition coefficient (Wildman–Crippen LogP) is 1.99. The normalized spacial score (nSPS) is 10.2. The number of nitrogens with zero attached hydrogens (tertiary/aromatic N) is 3. The lowest BCUT2D eigenvalue weighted by Crippen LogP contribution is -1.96. The summed E-state index contributed by atoms with van der Waals surface area (Å²) in [6.45, 7) is 1.85. The Labute approximate surface area is 81.0 Å². The lowest BCUT2D eigenvalue weighted by molar-refractivity contribution is 0.822. The molecule has 1 radical (unpaired) electrons. The third kappa shape index (κ3) is 2.06. The molecule has 0 aliphatic rings. The third-order valence-electron chi connectivity index (χ3n) is 1.57. The van der Waals surface area contributed by atoms with Crippen molar-refractivity contribution in [3.05, 3.63) is 54.1 Å². The average molecular weight is 193 g/mol. The maximum atomic E-state index is 5.82. The lowest BCUT2D eigenvalue weighted by Gasteiger charge is -1.99. The fraction of sp³-hybridized carbons (Fsp3) is 0. The Balaban J connectivity index is 2.19. The van der Waals surface area contributed by atoms with E-state index >= 15 is 0 Å². The van der Waals surface area contributed by atoms with Gasteiger partial charge in [0.2, 0.25) is 0 Å². The van der Waals surface area contributed by atoms with Crippen molar-refractivity contribution >= 4 is 11.6 Å². The summed E-state index contributed by atoms with van der Waals surface area (Å²) in [6, 6.07) is 7.54. The van der Waals surface area contributed by atoms with Crippen LogP contribution in [0, 0.1) is 6.54 Å². The molecule has 0 bridgehead atoms. The van der Waals surface area contributed by atoms with Crippen LogP contribution in [-0.4, -0.2) is 14.8 Å². The zero-order valence-electron chi connectivity index (χ0n) is 6.76. The van der Waals surface area contributed by atoms with Gasteiger partial charge in [0, 0.05) is 5.02 Å². The molecule has 2 rings (SSSR count). The van der Waals surface area contributed by atoms with Gasteiger partial charge < -0.3 is 0 Å². The molecule has 0 spiro atoms. The first-order valence-corrected chi connectivity index (χ1v) is 4.17. The van der Waals surface area contributed by atoms with Gasteiger partial charge in [-0.05, 0) is 17.7 Å². The first kappa shape index (κ1) is 8.26. The van der Waals surface area contributed by atoms with Gasteiger partial charge in [-0.25, -0.2) is 9.67 Å². The van der Waals surface area contributed by atoms with Gasteiger partial charge in [0.25, 0.3) is 0 Å². The molecule has 4 heteroatoms. The molecule has 13 heavy (non-hydrogen) atoms. The third-order valence-corrected chi connectivity index (χ3v) is 1.80. The molecule has 65 valence electrons. The standard InChI is InChI=1S/C9H7ClN3/c10-9-3-1-2-8(4-9)5-13-7-11-6-12-13/h1-7H. The molecule has 0 aliphatic heterocycles. The van der Waals surface area contributed by atoms with E-state index < -0.39 is 0 Å². The second-order valence-electron chi connectivity index (χ2n) is 2.56. The smallest absolute Gasteiger partial charge is 0.137 e. The van der Waals surface area contributed by atoms with Crippen molar-refractivity contribution in [1.29, 1.82) is 0 Å². The van der Waals surface area contributed by atoms with Crippen LogP contribution in [0.15, 0.2) is 36.9 Å². The maximum Gasteiger partial charge on any atom is 0.137 e. The van der Waals surface area contributed by atoms with Crippen LogP contribution >= 0.6 is 11.6 Å². The van der Waals surface area contributed by atoms with E-state index in [-0.39, 0.29) is 0 Å². The molecule has 1 aromatic heterocycles. The summed E-state index contributed by atoms with van der Waals surface area (Å²) >= 11 is 5.82. The van der Waals surface area contributed by atoms with E-state index in [1.165, 1.54) is 6.33 Å². The zero-order chi connectivity index (χ0) is 9.10. The van der Waals surface area contributed by atoms with E-state index in [1.807, 2.05) is 30.8 Å². The van der Waals surface area contributed by atoms with Gasteiger partial charge >= 0.3 is 0 Å². The fourth-order valence-corrected chi connectivity index (χ4v) is 1.22. The molecule has 2 aromatic rings. The van der Waals surface area contributed by atoms with Gasteiger partial charge in [-0.1, -0.05) is 23.7 Å².